The molecule has 1 aliphatic carbocycles. The molecule has 1 saturated carbocycles. The van der Waals surface area contributed by atoms with Crippen molar-refractivity contribution in [3.63, 3.8) is 0 Å². The predicted molar refractivity (Wildman–Crippen MR) is 117 cm³/mol. The Hall–Kier alpha value is -2.22. The third-order valence-electron chi connectivity index (χ3n) is 5.85. The number of carbonyl (C=O) groups is 2. The number of aliphatic hydroxyl groups excluding tert-OH is 1. The van der Waals surface area contributed by atoms with E-state index in [1.54, 1.807) is 43.5 Å². The fourth-order valence-corrected chi connectivity index (χ4v) is 4.36. The minimum atomic E-state index is -1.11. The van der Waals surface area contributed by atoms with Crippen LogP contribution in [0, 0.1) is 5.92 Å². The molecular formula is C23H25BrN2O4. The summed E-state index contributed by atoms with van der Waals surface area (Å²) in [7, 11) is 1.55. The van der Waals surface area contributed by atoms with Gasteiger partial charge in [0.1, 0.15) is 11.3 Å². The summed E-state index contributed by atoms with van der Waals surface area (Å²) >= 11 is 3.41. The van der Waals surface area contributed by atoms with Gasteiger partial charge in [-0.3, -0.25) is 14.9 Å². The van der Waals surface area contributed by atoms with Crippen molar-refractivity contribution in [2.45, 2.75) is 30.9 Å². The number of ether oxygens (including phenoxy) is 1. The lowest BCUT2D eigenvalue weighted by Gasteiger charge is -2.29. The molecule has 3 N–H and O–H groups in total. The minimum Gasteiger partial charge on any atom is -0.496 e. The highest BCUT2D eigenvalue weighted by atomic mass is 79.9. The van der Waals surface area contributed by atoms with Gasteiger partial charge in [-0.15, -0.1) is 0 Å². The van der Waals surface area contributed by atoms with Gasteiger partial charge in [-0.25, -0.2) is 0 Å². The van der Waals surface area contributed by atoms with Gasteiger partial charge in [-0.1, -0.05) is 12.1 Å². The Bertz CT molecular complexity index is 975. The topological polar surface area (TPSA) is 87.7 Å². The Balaban J connectivity index is 1.68. The number of benzene rings is 2. The number of Topliss-reactive ketones (excluding diaryl/α,β-unsaturated/α-hetero) is 1. The number of ketones is 1. The molecular weight excluding hydrogens is 448 g/mol. The van der Waals surface area contributed by atoms with Crippen LogP contribution in [0.2, 0.25) is 0 Å². The molecule has 1 aliphatic heterocycles. The summed E-state index contributed by atoms with van der Waals surface area (Å²) in [5, 5.41) is 16.5. The van der Waals surface area contributed by atoms with Crippen molar-refractivity contribution in [2.24, 2.45) is 5.92 Å². The van der Waals surface area contributed by atoms with Crippen LogP contribution in [0.25, 0.3) is 0 Å². The van der Waals surface area contributed by atoms with Crippen molar-refractivity contribution in [1.29, 1.82) is 0 Å². The molecule has 30 heavy (non-hydrogen) atoms. The van der Waals surface area contributed by atoms with E-state index in [1.807, 2.05) is 6.07 Å². The van der Waals surface area contributed by atoms with Crippen molar-refractivity contribution in [1.82, 2.24) is 10.6 Å². The highest BCUT2D eigenvalue weighted by Gasteiger charge is 2.46. The van der Waals surface area contributed by atoms with Crippen molar-refractivity contribution in [2.75, 3.05) is 20.2 Å². The lowest BCUT2D eigenvalue weighted by Crippen LogP contribution is -2.45. The molecule has 1 unspecified atom stereocenters. The number of β-amino-alcohol motifs (C(OH)–C–C–N with tert-alkyl or cyclic N) is 1. The maximum Gasteiger partial charge on any atom is 0.251 e. The zero-order valence-electron chi connectivity index (χ0n) is 16.8. The molecule has 1 saturated heterocycles. The van der Waals surface area contributed by atoms with Crippen LogP contribution in [0.1, 0.15) is 45.5 Å². The fraction of sp³-hybridized carbons (Fsp3) is 0.391. The highest BCUT2D eigenvalue weighted by molar-refractivity contribution is 9.10. The van der Waals surface area contributed by atoms with Crippen molar-refractivity contribution < 1.29 is 19.4 Å². The SMILES string of the molecule is COc1cc(C(=O)[C@]2(c3cccc(C(=O)NCC4CC4)c3)CC(O)CN2)ccc1Br. The van der Waals surface area contributed by atoms with E-state index in [0.717, 1.165) is 17.3 Å². The van der Waals surface area contributed by atoms with Gasteiger partial charge in [-0.2, -0.15) is 0 Å². The number of methoxy groups -OCH3 is 1. The molecule has 2 fully saturated rings. The van der Waals surface area contributed by atoms with Crippen LogP contribution in [0.3, 0.4) is 0 Å². The third-order valence-corrected chi connectivity index (χ3v) is 6.50. The summed E-state index contributed by atoms with van der Waals surface area (Å²) in [5.41, 5.74) is 0.549. The lowest BCUT2D eigenvalue weighted by atomic mass is 9.80. The summed E-state index contributed by atoms with van der Waals surface area (Å²) in [6.07, 6.45) is 1.91. The Morgan fingerprint density at radius 3 is 2.70 bits per heavy atom. The summed E-state index contributed by atoms with van der Waals surface area (Å²) in [6, 6.07) is 12.3. The van der Waals surface area contributed by atoms with E-state index in [4.69, 9.17) is 4.74 Å². The molecule has 0 radical (unpaired) electrons. The fourth-order valence-electron chi connectivity index (χ4n) is 3.95. The molecule has 2 aromatic rings. The number of hydrogen-bond donors (Lipinski definition) is 3. The first-order chi connectivity index (χ1) is 14.4. The first kappa shape index (κ1) is 21.0. The monoisotopic (exact) mass is 472 g/mol. The van der Waals surface area contributed by atoms with E-state index < -0.39 is 11.6 Å². The summed E-state index contributed by atoms with van der Waals surface area (Å²) in [5.74, 6) is 0.836. The van der Waals surface area contributed by atoms with Gasteiger partial charge >= 0.3 is 0 Å². The molecule has 2 aliphatic rings. The van der Waals surface area contributed by atoms with Gasteiger partial charge in [0.05, 0.1) is 17.7 Å². The van der Waals surface area contributed by atoms with E-state index >= 15 is 0 Å². The van der Waals surface area contributed by atoms with Gasteiger partial charge in [0.25, 0.3) is 5.91 Å². The summed E-state index contributed by atoms with van der Waals surface area (Å²) in [6.45, 7) is 0.986. The third kappa shape index (κ3) is 4.15. The average Bonchev–Trinajstić information content (AvgIpc) is 3.51. The minimum absolute atomic E-state index is 0.143. The maximum absolute atomic E-state index is 13.7. The first-order valence-electron chi connectivity index (χ1n) is 10.1. The first-order valence-corrected chi connectivity index (χ1v) is 10.9. The smallest absolute Gasteiger partial charge is 0.251 e. The Labute approximate surface area is 184 Å². The predicted octanol–water partition coefficient (Wildman–Crippen LogP) is 3.03. The summed E-state index contributed by atoms with van der Waals surface area (Å²) in [4.78, 5) is 26.2. The number of rotatable bonds is 7. The van der Waals surface area contributed by atoms with Crippen LogP contribution in [-0.4, -0.2) is 43.1 Å². The van der Waals surface area contributed by atoms with Crippen molar-refractivity contribution >= 4 is 27.6 Å². The molecule has 4 rings (SSSR count). The van der Waals surface area contributed by atoms with Gasteiger partial charge in [0.15, 0.2) is 5.78 Å². The summed E-state index contributed by atoms with van der Waals surface area (Å²) < 4.78 is 6.09. The Kier molecular flexibility index (Phi) is 5.95. The Morgan fingerprint density at radius 2 is 2.03 bits per heavy atom. The molecule has 2 aromatic carbocycles. The van der Waals surface area contributed by atoms with E-state index in [2.05, 4.69) is 26.6 Å². The van der Waals surface area contributed by atoms with Crippen LogP contribution in [-0.2, 0) is 5.54 Å². The molecule has 7 heteroatoms. The van der Waals surface area contributed by atoms with E-state index in [0.29, 0.717) is 41.4 Å². The molecule has 0 spiro atoms. The lowest BCUT2D eigenvalue weighted by molar-refractivity contribution is 0.0845. The number of carbonyl (C=O) groups excluding carboxylic acids is 2. The van der Waals surface area contributed by atoms with Crippen LogP contribution in [0.4, 0.5) is 0 Å². The second kappa shape index (κ2) is 8.49. The van der Waals surface area contributed by atoms with Crippen molar-refractivity contribution in [3.8, 4) is 5.75 Å². The second-order valence-electron chi connectivity index (χ2n) is 8.06. The second-order valence-corrected chi connectivity index (χ2v) is 8.91. The number of aliphatic hydroxyl groups is 1. The molecule has 1 amide bonds. The quantitative estimate of drug-likeness (QED) is 0.539. The molecule has 2 atom stereocenters. The largest absolute Gasteiger partial charge is 0.496 e. The molecule has 1 heterocycles. The van der Waals surface area contributed by atoms with Crippen LogP contribution < -0.4 is 15.4 Å². The van der Waals surface area contributed by atoms with Crippen LogP contribution >= 0.6 is 15.9 Å². The van der Waals surface area contributed by atoms with E-state index in [9.17, 15) is 14.7 Å². The van der Waals surface area contributed by atoms with Gasteiger partial charge in [-0.05, 0) is 70.6 Å². The average molecular weight is 473 g/mol. The maximum atomic E-state index is 13.7. The van der Waals surface area contributed by atoms with Crippen molar-refractivity contribution in [3.05, 3.63) is 63.6 Å². The van der Waals surface area contributed by atoms with Crippen LogP contribution in [0.15, 0.2) is 46.9 Å². The van der Waals surface area contributed by atoms with E-state index in [1.165, 1.54) is 0 Å². The molecule has 0 aromatic heterocycles. The standard InChI is InChI=1S/C23H25BrN2O4/c1-30-20-10-15(7-8-19(20)24)21(28)23(11-18(27)13-26-23)17-4-2-3-16(9-17)22(29)25-12-14-5-6-14/h2-4,7-10,14,18,26-27H,5-6,11-13H2,1H3,(H,25,29)/t18?,23-/m1/s1. The van der Waals surface area contributed by atoms with Gasteiger partial charge in [0, 0.05) is 30.6 Å². The Morgan fingerprint density at radius 1 is 1.23 bits per heavy atom. The van der Waals surface area contributed by atoms with E-state index in [-0.39, 0.29) is 18.1 Å². The van der Waals surface area contributed by atoms with Gasteiger partial charge < -0.3 is 15.2 Å². The normalized spacial score (nSPS) is 23.2. The zero-order chi connectivity index (χ0) is 21.3. The molecule has 158 valence electrons. The number of nitrogens with one attached hydrogen (secondary N) is 2. The van der Waals surface area contributed by atoms with Crippen LogP contribution in [0.5, 0.6) is 5.75 Å². The number of halogens is 1. The number of amides is 1. The zero-order valence-corrected chi connectivity index (χ0v) is 18.4. The number of hydrogen-bond acceptors (Lipinski definition) is 5. The highest BCUT2D eigenvalue weighted by Crippen LogP contribution is 2.37. The molecule has 0 bridgehead atoms. The molecule has 6 nitrogen and oxygen atoms in total. The van der Waals surface area contributed by atoms with Gasteiger partial charge in [0.2, 0.25) is 0 Å².